The van der Waals surface area contributed by atoms with Crippen molar-refractivity contribution in [3.63, 3.8) is 0 Å². The third-order valence-corrected chi connectivity index (χ3v) is 5.14. The van der Waals surface area contributed by atoms with Crippen LogP contribution in [-0.4, -0.2) is 41.9 Å². The first-order valence-electron chi connectivity index (χ1n) is 10.8. The fourth-order valence-electron chi connectivity index (χ4n) is 3.23. The molecule has 0 fully saturated rings. The number of nitrogens with one attached hydrogen (secondary N) is 2. The van der Waals surface area contributed by atoms with Crippen molar-refractivity contribution >= 4 is 23.5 Å². The highest BCUT2D eigenvalue weighted by atomic mass is 19.4. The third kappa shape index (κ3) is 5.88. The number of rotatable bonds is 6. The fourth-order valence-corrected chi connectivity index (χ4v) is 3.23. The van der Waals surface area contributed by atoms with Gasteiger partial charge < -0.3 is 10.1 Å². The zero-order chi connectivity index (χ0) is 27.4. The molecule has 0 radical (unpaired) electrons. The molecule has 2 amide bonds. The van der Waals surface area contributed by atoms with Gasteiger partial charge in [-0.1, -0.05) is 5.21 Å². The predicted molar refractivity (Wildman–Crippen MR) is 124 cm³/mol. The fraction of sp³-hybridized carbons (Fsp3) is 0.174. The summed E-state index contributed by atoms with van der Waals surface area (Å²) in [4.78, 5) is 35.8. The van der Waals surface area contributed by atoms with Crippen LogP contribution in [0.1, 0.15) is 34.6 Å². The van der Waals surface area contributed by atoms with Gasteiger partial charge in [0.1, 0.15) is 11.8 Å². The number of amides is 2. The van der Waals surface area contributed by atoms with E-state index < -0.39 is 35.9 Å². The van der Waals surface area contributed by atoms with Crippen molar-refractivity contribution in [1.29, 1.82) is 0 Å². The minimum Gasteiger partial charge on any atom is -0.441 e. The summed E-state index contributed by atoms with van der Waals surface area (Å²) in [7, 11) is 1.52. The second kappa shape index (κ2) is 10.6. The van der Waals surface area contributed by atoms with Crippen LogP contribution >= 0.6 is 0 Å². The first-order chi connectivity index (χ1) is 18.0. The lowest BCUT2D eigenvalue weighted by Crippen LogP contribution is -2.19. The van der Waals surface area contributed by atoms with E-state index in [9.17, 15) is 27.2 Å². The molecule has 11 nitrogen and oxygen atoms in total. The maximum absolute atomic E-state index is 13.9. The van der Waals surface area contributed by atoms with E-state index in [4.69, 9.17) is 4.74 Å². The van der Waals surface area contributed by atoms with E-state index in [2.05, 4.69) is 35.9 Å². The topological polar surface area (TPSA) is 137 Å². The van der Waals surface area contributed by atoms with Gasteiger partial charge in [0.25, 0.3) is 5.91 Å². The van der Waals surface area contributed by atoms with Crippen molar-refractivity contribution in [3.8, 4) is 11.4 Å². The lowest BCUT2D eigenvalue weighted by atomic mass is 10.2. The number of anilines is 2. The van der Waals surface area contributed by atoms with Crippen molar-refractivity contribution in [2.75, 3.05) is 10.6 Å². The molecule has 0 saturated heterocycles. The molecule has 0 aliphatic heterocycles. The molecule has 196 valence electrons. The largest absolute Gasteiger partial charge is 0.441 e. The Morgan fingerprint density at radius 3 is 2.45 bits per heavy atom. The molecule has 0 saturated carbocycles. The van der Waals surface area contributed by atoms with Gasteiger partial charge in [-0.15, -0.1) is 5.10 Å². The van der Waals surface area contributed by atoms with E-state index in [1.54, 1.807) is 0 Å². The molecule has 0 bridgehead atoms. The van der Waals surface area contributed by atoms with Gasteiger partial charge in [-0.3, -0.25) is 20.1 Å². The van der Waals surface area contributed by atoms with Crippen LogP contribution in [0.2, 0.25) is 0 Å². The van der Waals surface area contributed by atoms with Crippen LogP contribution in [0.3, 0.4) is 0 Å². The van der Waals surface area contributed by atoms with Crippen molar-refractivity contribution in [2.45, 2.75) is 19.2 Å². The third-order valence-electron chi connectivity index (χ3n) is 5.14. The number of halogens is 4. The Labute approximate surface area is 211 Å². The summed E-state index contributed by atoms with van der Waals surface area (Å²) in [6.45, 7) is 1.48. The minimum atomic E-state index is -4.62. The molecule has 0 aliphatic carbocycles. The van der Waals surface area contributed by atoms with Gasteiger partial charge in [0, 0.05) is 25.0 Å². The zero-order valence-electron chi connectivity index (χ0n) is 19.7. The molecule has 4 aromatic rings. The molecule has 0 aromatic carbocycles. The summed E-state index contributed by atoms with van der Waals surface area (Å²) in [6, 6.07) is 7.62. The Morgan fingerprint density at radius 2 is 1.82 bits per heavy atom. The van der Waals surface area contributed by atoms with E-state index in [1.165, 1.54) is 55.3 Å². The number of alkyl halides is 3. The molecule has 4 heterocycles. The normalized spacial score (nSPS) is 12.1. The van der Waals surface area contributed by atoms with Crippen LogP contribution < -0.4 is 10.6 Å². The molecule has 1 atom stereocenters. The number of carbonyl (C=O) groups is 2. The van der Waals surface area contributed by atoms with Gasteiger partial charge >= 0.3 is 12.3 Å². The highest BCUT2D eigenvalue weighted by molar-refractivity contribution is 6.04. The minimum absolute atomic E-state index is 0.0820. The molecule has 0 aliphatic rings. The van der Waals surface area contributed by atoms with E-state index in [0.29, 0.717) is 6.07 Å². The number of pyridine rings is 3. The Hall–Kier alpha value is -4.95. The van der Waals surface area contributed by atoms with Gasteiger partial charge in [-0.2, -0.15) is 17.6 Å². The second-order valence-corrected chi connectivity index (χ2v) is 7.78. The quantitative estimate of drug-likeness (QED) is 0.277. The summed E-state index contributed by atoms with van der Waals surface area (Å²) in [5.74, 6) is -1.32. The van der Waals surface area contributed by atoms with Crippen molar-refractivity contribution in [1.82, 2.24) is 29.9 Å². The maximum atomic E-state index is 13.9. The Morgan fingerprint density at radius 1 is 1.03 bits per heavy atom. The first-order valence-corrected chi connectivity index (χ1v) is 10.8. The van der Waals surface area contributed by atoms with E-state index in [-0.39, 0.29) is 34.0 Å². The molecule has 0 unspecified atom stereocenters. The summed E-state index contributed by atoms with van der Waals surface area (Å²) in [5, 5.41) is 12.8. The lowest BCUT2D eigenvalue weighted by molar-refractivity contribution is -0.141. The Bertz CT molecular complexity index is 1460. The Kier molecular flexibility index (Phi) is 7.27. The molecule has 2 N–H and O–H groups in total. The van der Waals surface area contributed by atoms with Crippen LogP contribution in [0.25, 0.3) is 11.4 Å². The van der Waals surface area contributed by atoms with Gasteiger partial charge in [-0.05, 0) is 43.3 Å². The van der Waals surface area contributed by atoms with Crippen LogP contribution in [0.15, 0.2) is 55.0 Å². The van der Waals surface area contributed by atoms with Crippen LogP contribution in [-0.2, 0) is 18.0 Å². The number of carbonyl (C=O) groups excluding carboxylic acids is 2. The molecule has 15 heteroatoms. The highest BCUT2D eigenvalue weighted by Gasteiger charge is 2.32. The van der Waals surface area contributed by atoms with E-state index in [1.807, 2.05) is 0 Å². The maximum Gasteiger partial charge on any atom is 0.433 e. The SMILES string of the molecule is C[C@@H](OC(=O)Nc1c(-c2ccc(NC(=O)c3ccc(C(F)(F)F)nc3)cn2)nnn1C)c1cccnc1F. The number of nitrogens with zero attached hydrogens (tertiary/aromatic N) is 6. The van der Waals surface area contributed by atoms with E-state index in [0.717, 1.165) is 12.3 Å². The number of hydrogen-bond donors (Lipinski definition) is 2. The first kappa shape index (κ1) is 26.1. The highest BCUT2D eigenvalue weighted by Crippen LogP contribution is 2.28. The lowest BCUT2D eigenvalue weighted by Gasteiger charge is -2.14. The molecular formula is C23H18F4N8O3. The van der Waals surface area contributed by atoms with Crippen molar-refractivity contribution in [3.05, 3.63) is 77.8 Å². The summed E-state index contributed by atoms with van der Waals surface area (Å²) < 4.78 is 58.3. The average Bonchev–Trinajstić information content (AvgIpc) is 3.23. The smallest absolute Gasteiger partial charge is 0.433 e. The molecule has 0 spiro atoms. The van der Waals surface area contributed by atoms with Gasteiger partial charge in [0.15, 0.2) is 11.5 Å². The summed E-state index contributed by atoms with van der Waals surface area (Å²) in [6.07, 6.45) is -3.07. The number of hydrogen-bond acceptors (Lipinski definition) is 8. The average molecular weight is 530 g/mol. The number of aryl methyl sites for hydroxylation is 1. The molecule has 4 aromatic heterocycles. The zero-order valence-corrected chi connectivity index (χ0v) is 19.7. The standard InChI is InChI=1S/C23H18F4N8O3/c1-12(15-4-3-9-28-19(15)24)38-22(37)32-20-18(33-34-35(20)2)16-7-6-14(11-29-16)31-21(36)13-5-8-17(30-10-13)23(25,26)27/h3-12H,1-2H3,(H,31,36)(H,32,37)/t12-/m1/s1. The predicted octanol–water partition coefficient (Wildman–Crippen LogP) is 4.39. The van der Waals surface area contributed by atoms with Crippen LogP contribution in [0, 0.1) is 5.95 Å². The van der Waals surface area contributed by atoms with Gasteiger partial charge in [-0.25, -0.2) is 14.5 Å². The van der Waals surface area contributed by atoms with Crippen molar-refractivity contribution in [2.24, 2.45) is 7.05 Å². The molecular weight excluding hydrogens is 512 g/mol. The number of aromatic nitrogens is 6. The molecule has 4 rings (SSSR count). The van der Waals surface area contributed by atoms with Gasteiger partial charge in [0.05, 0.1) is 23.1 Å². The Balaban J connectivity index is 1.43. The van der Waals surface area contributed by atoms with Gasteiger partial charge in [0.2, 0.25) is 5.95 Å². The monoisotopic (exact) mass is 530 g/mol. The summed E-state index contributed by atoms with van der Waals surface area (Å²) >= 11 is 0. The second-order valence-electron chi connectivity index (χ2n) is 7.78. The van der Waals surface area contributed by atoms with E-state index >= 15 is 0 Å². The summed E-state index contributed by atoms with van der Waals surface area (Å²) in [5.41, 5.74) is -0.415. The molecule has 38 heavy (non-hydrogen) atoms. The van der Waals surface area contributed by atoms with Crippen LogP contribution in [0.4, 0.5) is 33.9 Å². The van der Waals surface area contributed by atoms with Crippen molar-refractivity contribution < 1.29 is 31.9 Å². The van der Waals surface area contributed by atoms with Crippen LogP contribution in [0.5, 0.6) is 0 Å². The number of ether oxygens (including phenoxy) is 1.